The lowest BCUT2D eigenvalue weighted by Crippen LogP contribution is -2.31. The number of benzene rings is 1. The Labute approximate surface area is 126 Å². The normalized spacial score (nSPS) is 25.2. The van der Waals surface area contributed by atoms with Crippen LogP contribution in [0.15, 0.2) is 24.3 Å². The van der Waals surface area contributed by atoms with Gasteiger partial charge in [-0.2, -0.15) is 13.2 Å². The van der Waals surface area contributed by atoms with Crippen molar-refractivity contribution in [2.24, 2.45) is 0 Å². The summed E-state index contributed by atoms with van der Waals surface area (Å²) in [5.41, 5.74) is -0.615. The third kappa shape index (κ3) is 3.98. The van der Waals surface area contributed by atoms with Crippen LogP contribution < -0.4 is 0 Å². The molecule has 1 aromatic rings. The van der Waals surface area contributed by atoms with Gasteiger partial charge >= 0.3 is 12.1 Å². The summed E-state index contributed by atoms with van der Waals surface area (Å²) in [6, 6.07) is 5.30. The summed E-state index contributed by atoms with van der Waals surface area (Å²) in [5.74, 6) is -1.64. The quantitative estimate of drug-likeness (QED) is 0.801. The number of hydrogen-bond acceptors (Lipinski definition) is 4. The molecule has 0 saturated carbocycles. The molecule has 0 bridgehead atoms. The fourth-order valence-electron chi connectivity index (χ4n) is 2.45. The van der Waals surface area contributed by atoms with Crippen molar-refractivity contribution >= 4 is 5.97 Å². The molecule has 1 heterocycles. The molecule has 0 N–H and O–H groups in total. The monoisotopic (exact) mass is 318 g/mol. The van der Waals surface area contributed by atoms with Crippen LogP contribution in [-0.2, 0) is 31.6 Å². The third-order valence-electron chi connectivity index (χ3n) is 3.45. The first-order valence-corrected chi connectivity index (χ1v) is 6.77. The van der Waals surface area contributed by atoms with Crippen LogP contribution >= 0.6 is 0 Å². The van der Waals surface area contributed by atoms with Crippen LogP contribution in [0.3, 0.4) is 0 Å². The first kappa shape index (κ1) is 16.8. The van der Waals surface area contributed by atoms with Crippen LogP contribution in [0.2, 0.25) is 0 Å². The number of halogens is 3. The van der Waals surface area contributed by atoms with Crippen molar-refractivity contribution < 1.29 is 32.2 Å². The topological polar surface area (TPSA) is 44.8 Å². The lowest BCUT2D eigenvalue weighted by atomic mass is 10.00. The Kier molecular flexibility index (Phi) is 4.77. The van der Waals surface area contributed by atoms with Gasteiger partial charge in [-0.15, -0.1) is 0 Å². The second-order valence-corrected chi connectivity index (χ2v) is 5.30. The number of rotatable bonds is 4. The van der Waals surface area contributed by atoms with Gasteiger partial charge in [0.05, 0.1) is 31.8 Å². The van der Waals surface area contributed by atoms with E-state index in [0.29, 0.717) is 0 Å². The van der Waals surface area contributed by atoms with E-state index in [1.54, 1.807) is 6.92 Å². The largest absolute Gasteiger partial charge is 0.469 e. The molecule has 2 unspecified atom stereocenters. The Morgan fingerprint density at radius 1 is 1.41 bits per heavy atom. The Morgan fingerprint density at radius 3 is 2.73 bits per heavy atom. The first-order valence-electron chi connectivity index (χ1n) is 6.77. The number of ether oxygens (including phenoxy) is 3. The van der Waals surface area contributed by atoms with Crippen LogP contribution in [-0.4, -0.2) is 31.6 Å². The second kappa shape index (κ2) is 6.26. The van der Waals surface area contributed by atoms with E-state index in [4.69, 9.17) is 9.47 Å². The highest BCUT2D eigenvalue weighted by atomic mass is 19.4. The molecule has 1 fully saturated rings. The van der Waals surface area contributed by atoms with Gasteiger partial charge in [-0.1, -0.05) is 18.2 Å². The zero-order valence-corrected chi connectivity index (χ0v) is 12.3. The molecule has 0 amide bonds. The van der Waals surface area contributed by atoms with Gasteiger partial charge in [0.15, 0.2) is 5.79 Å². The molecule has 2 atom stereocenters. The van der Waals surface area contributed by atoms with Gasteiger partial charge in [-0.25, -0.2) is 0 Å². The molecule has 1 saturated heterocycles. The van der Waals surface area contributed by atoms with Gasteiger partial charge < -0.3 is 14.2 Å². The lowest BCUT2D eigenvalue weighted by Gasteiger charge is -2.25. The molecule has 2 rings (SSSR count). The van der Waals surface area contributed by atoms with Crippen LogP contribution in [0.4, 0.5) is 13.2 Å². The van der Waals surface area contributed by atoms with Gasteiger partial charge in [0.1, 0.15) is 0 Å². The number of methoxy groups -OCH3 is 1. The van der Waals surface area contributed by atoms with Crippen LogP contribution in [0.1, 0.15) is 24.5 Å². The van der Waals surface area contributed by atoms with Crippen molar-refractivity contribution in [1.29, 1.82) is 0 Å². The summed E-state index contributed by atoms with van der Waals surface area (Å²) in [4.78, 5) is 11.2. The standard InChI is InChI=1S/C15H17F3O4/c1-14(21-9-11(22-14)7-13(19)20-2)8-10-5-3-4-6-12(10)15(16,17)18/h3-6,11H,7-9H2,1-2H3. The number of esters is 1. The SMILES string of the molecule is COC(=O)CC1COC(C)(Cc2ccccc2C(F)(F)F)O1. The molecule has 1 aliphatic heterocycles. The van der Waals surface area contributed by atoms with Crippen molar-refractivity contribution in [3.8, 4) is 0 Å². The van der Waals surface area contributed by atoms with E-state index in [2.05, 4.69) is 4.74 Å². The van der Waals surface area contributed by atoms with Gasteiger partial charge in [0.25, 0.3) is 0 Å². The van der Waals surface area contributed by atoms with Gasteiger partial charge in [-0.3, -0.25) is 4.79 Å². The number of hydrogen-bond donors (Lipinski definition) is 0. The molecular weight excluding hydrogens is 301 g/mol. The smallest absolute Gasteiger partial charge is 0.416 e. The first-order chi connectivity index (χ1) is 10.2. The molecule has 4 nitrogen and oxygen atoms in total. The van der Waals surface area contributed by atoms with E-state index in [9.17, 15) is 18.0 Å². The average molecular weight is 318 g/mol. The fourth-order valence-corrected chi connectivity index (χ4v) is 2.45. The fraction of sp³-hybridized carbons (Fsp3) is 0.533. The minimum absolute atomic E-state index is 0.00695. The molecule has 0 radical (unpaired) electrons. The Bertz CT molecular complexity index is 544. The molecular formula is C15H17F3O4. The molecule has 0 aliphatic carbocycles. The van der Waals surface area contributed by atoms with Crippen LogP contribution in [0.25, 0.3) is 0 Å². The van der Waals surface area contributed by atoms with E-state index in [1.807, 2.05) is 0 Å². The summed E-state index contributed by atoms with van der Waals surface area (Å²) in [6.45, 7) is 1.71. The van der Waals surface area contributed by atoms with Crippen molar-refractivity contribution in [1.82, 2.24) is 0 Å². The van der Waals surface area contributed by atoms with E-state index in [-0.39, 0.29) is 25.0 Å². The van der Waals surface area contributed by atoms with E-state index >= 15 is 0 Å². The van der Waals surface area contributed by atoms with Crippen LogP contribution in [0, 0.1) is 0 Å². The Hall–Kier alpha value is -1.60. The van der Waals surface area contributed by atoms with Crippen molar-refractivity contribution in [2.45, 2.75) is 37.8 Å². The van der Waals surface area contributed by atoms with Crippen molar-refractivity contribution in [2.75, 3.05) is 13.7 Å². The highest BCUT2D eigenvalue weighted by molar-refractivity contribution is 5.69. The lowest BCUT2D eigenvalue weighted by molar-refractivity contribution is -0.161. The van der Waals surface area contributed by atoms with Gasteiger partial charge in [-0.05, 0) is 18.6 Å². The minimum atomic E-state index is -4.43. The summed E-state index contributed by atoms with van der Waals surface area (Å²) >= 11 is 0. The highest BCUT2D eigenvalue weighted by Gasteiger charge is 2.41. The number of carbonyl (C=O) groups excluding carboxylic acids is 1. The Morgan fingerprint density at radius 2 is 2.09 bits per heavy atom. The predicted octanol–water partition coefficient (Wildman–Crippen LogP) is 2.94. The maximum atomic E-state index is 13.0. The number of carbonyl (C=O) groups is 1. The van der Waals surface area contributed by atoms with Gasteiger partial charge in [0, 0.05) is 6.42 Å². The summed E-state index contributed by atoms with van der Waals surface area (Å²) in [6.07, 6.45) is -5.00. The van der Waals surface area contributed by atoms with Crippen LogP contribution in [0.5, 0.6) is 0 Å². The molecule has 1 aromatic carbocycles. The average Bonchev–Trinajstić information content (AvgIpc) is 2.79. The summed E-state index contributed by atoms with van der Waals surface area (Å²) < 4.78 is 54.6. The predicted molar refractivity (Wildman–Crippen MR) is 71.0 cm³/mol. The van der Waals surface area contributed by atoms with Crippen molar-refractivity contribution in [3.05, 3.63) is 35.4 Å². The zero-order valence-electron chi connectivity index (χ0n) is 12.3. The minimum Gasteiger partial charge on any atom is -0.469 e. The zero-order chi connectivity index (χ0) is 16.4. The molecule has 22 heavy (non-hydrogen) atoms. The van der Waals surface area contributed by atoms with Gasteiger partial charge in [0.2, 0.25) is 0 Å². The highest BCUT2D eigenvalue weighted by Crippen LogP contribution is 2.36. The summed E-state index contributed by atoms with van der Waals surface area (Å²) in [5, 5.41) is 0. The third-order valence-corrected chi connectivity index (χ3v) is 3.45. The second-order valence-electron chi connectivity index (χ2n) is 5.30. The molecule has 7 heteroatoms. The maximum absolute atomic E-state index is 13.0. The van der Waals surface area contributed by atoms with E-state index < -0.39 is 29.6 Å². The number of alkyl halides is 3. The van der Waals surface area contributed by atoms with Crippen molar-refractivity contribution in [3.63, 3.8) is 0 Å². The molecule has 0 spiro atoms. The molecule has 122 valence electrons. The maximum Gasteiger partial charge on any atom is 0.416 e. The molecule has 1 aliphatic rings. The Balaban J connectivity index is 2.10. The molecule has 0 aromatic heterocycles. The van der Waals surface area contributed by atoms with E-state index in [0.717, 1.165) is 6.07 Å². The van der Waals surface area contributed by atoms with E-state index in [1.165, 1.54) is 25.3 Å². The summed E-state index contributed by atoms with van der Waals surface area (Å²) in [7, 11) is 1.26.